The molecule has 32 heavy (non-hydrogen) atoms. The van der Waals surface area contributed by atoms with Gasteiger partial charge in [0.25, 0.3) is 11.8 Å². The third-order valence-corrected chi connectivity index (χ3v) is 5.70. The number of ether oxygens (including phenoxy) is 2. The van der Waals surface area contributed by atoms with Gasteiger partial charge >= 0.3 is 0 Å². The molecule has 0 bridgehead atoms. The Labute approximate surface area is 190 Å². The summed E-state index contributed by atoms with van der Waals surface area (Å²) in [5, 5.41) is 9.20. The minimum Gasteiger partial charge on any atom is -0.493 e. The van der Waals surface area contributed by atoms with Crippen LogP contribution in [-0.4, -0.2) is 97.8 Å². The largest absolute Gasteiger partial charge is 0.493 e. The first-order valence-electron chi connectivity index (χ1n) is 11.4. The van der Waals surface area contributed by atoms with Gasteiger partial charge in [0.05, 0.1) is 18.8 Å². The first-order chi connectivity index (χ1) is 15.5. The molecule has 0 spiro atoms. The van der Waals surface area contributed by atoms with E-state index in [0.717, 1.165) is 24.4 Å². The molecule has 0 atom stereocenters. The van der Waals surface area contributed by atoms with Gasteiger partial charge < -0.3 is 19.5 Å². The first-order valence-corrected chi connectivity index (χ1v) is 11.4. The number of amides is 2. The van der Waals surface area contributed by atoms with Crippen LogP contribution in [-0.2, 0) is 14.3 Å². The summed E-state index contributed by atoms with van der Waals surface area (Å²) in [6, 6.07) is 7.42. The Balaban J connectivity index is 1.86. The molecule has 1 aromatic carbocycles. The molecule has 176 valence electrons. The fourth-order valence-corrected chi connectivity index (χ4v) is 4.00. The number of methoxy groups -OCH3 is 1. The third kappa shape index (κ3) is 5.68. The maximum atomic E-state index is 13.3. The number of aliphatic hydroxyl groups is 1. The topological polar surface area (TPSA) is 82.6 Å². The monoisotopic (exact) mass is 445 g/mol. The Kier molecular flexibility index (Phi) is 8.67. The van der Waals surface area contributed by atoms with Crippen LogP contribution in [0, 0.1) is 5.92 Å². The molecule has 0 saturated carbocycles. The molecule has 2 aliphatic heterocycles. The molecular weight excluding hydrogens is 410 g/mol. The number of hydrogen-bond donors (Lipinski definition) is 1. The van der Waals surface area contributed by atoms with Gasteiger partial charge in [-0.2, -0.15) is 0 Å². The van der Waals surface area contributed by atoms with Crippen molar-refractivity contribution in [1.29, 1.82) is 0 Å². The molecule has 0 radical (unpaired) electrons. The molecule has 2 heterocycles. The highest BCUT2D eigenvalue weighted by atomic mass is 16.5. The Hall–Kier alpha value is -2.42. The lowest BCUT2D eigenvalue weighted by Crippen LogP contribution is -2.48. The molecule has 0 aliphatic carbocycles. The van der Waals surface area contributed by atoms with E-state index < -0.39 is 0 Å². The molecule has 1 fully saturated rings. The Morgan fingerprint density at radius 2 is 1.69 bits per heavy atom. The van der Waals surface area contributed by atoms with Gasteiger partial charge in [-0.15, -0.1) is 0 Å². The number of benzene rings is 1. The Morgan fingerprint density at radius 1 is 1.00 bits per heavy atom. The zero-order valence-electron chi connectivity index (χ0n) is 19.4. The van der Waals surface area contributed by atoms with Crippen molar-refractivity contribution in [3.63, 3.8) is 0 Å². The van der Waals surface area contributed by atoms with Crippen molar-refractivity contribution in [1.82, 2.24) is 14.7 Å². The number of nitrogens with zero attached hydrogens (tertiary/aromatic N) is 3. The van der Waals surface area contributed by atoms with Crippen LogP contribution in [0.3, 0.4) is 0 Å². The van der Waals surface area contributed by atoms with E-state index in [0.29, 0.717) is 63.0 Å². The van der Waals surface area contributed by atoms with Crippen molar-refractivity contribution in [2.45, 2.75) is 20.3 Å². The van der Waals surface area contributed by atoms with Crippen LogP contribution in [0.5, 0.6) is 5.75 Å². The van der Waals surface area contributed by atoms with Crippen LogP contribution in [0.4, 0.5) is 0 Å². The van der Waals surface area contributed by atoms with Crippen molar-refractivity contribution in [3.05, 3.63) is 35.5 Å². The van der Waals surface area contributed by atoms with E-state index in [1.54, 1.807) is 7.11 Å². The summed E-state index contributed by atoms with van der Waals surface area (Å²) >= 11 is 0. The maximum Gasteiger partial charge on any atom is 0.277 e. The minimum atomic E-state index is -0.255. The summed E-state index contributed by atoms with van der Waals surface area (Å²) in [7, 11) is 1.61. The Morgan fingerprint density at radius 3 is 2.28 bits per heavy atom. The zero-order valence-corrected chi connectivity index (χ0v) is 19.4. The van der Waals surface area contributed by atoms with Gasteiger partial charge in [0, 0.05) is 53.0 Å². The van der Waals surface area contributed by atoms with Crippen LogP contribution >= 0.6 is 0 Å². The smallest absolute Gasteiger partial charge is 0.277 e. The highest BCUT2D eigenvalue weighted by molar-refractivity contribution is 6.35. The lowest BCUT2D eigenvalue weighted by atomic mass is 10.0. The highest BCUT2D eigenvalue weighted by Crippen LogP contribution is 2.33. The second-order valence-corrected chi connectivity index (χ2v) is 8.61. The number of rotatable bonds is 11. The van der Waals surface area contributed by atoms with Crippen molar-refractivity contribution >= 4 is 17.4 Å². The van der Waals surface area contributed by atoms with Crippen LogP contribution in [0.1, 0.15) is 25.8 Å². The molecule has 8 heteroatoms. The lowest BCUT2D eigenvalue weighted by Gasteiger charge is -2.36. The molecule has 1 saturated heterocycles. The van der Waals surface area contributed by atoms with Crippen molar-refractivity contribution < 1.29 is 24.2 Å². The number of carbonyl (C=O) groups is 2. The number of aliphatic hydroxyl groups excluding tert-OH is 1. The van der Waals surface area contributed by atoms with Crippen LogP contribution in [0.2, 0.25) is 0 Å². The number of imide groups is 1. The summed E-state index contributed by atoms with van der Waals surface area (Å²) in [6.07, 6.45) is 0.598. The maximum absolute atomic E-state index is 13.3. The zero-order chi connectivity index (χ0) is 23.1. The van der Waals surface area contributed by atoms with E-state index in [4.69, 9.17) is 9.47 Å². The van der Waals surface area contributed by atoms with Crippen molar-refractivity contribution in [3.8, 4) is 5.75 Å². The fraction of sp³-hybridized carbons (Fsp3) is 0.583. The molecule has 0 aromatic heterocycles. The van der Waals surface area contributed by atoms with Crippen molar-refractivity contribution in [2.75, 3.05) is 66.2 Å². The molecule has 1 aromatic rings. The lowest BCUT2D eigenvalue weighted by molar-refractivity contribution is -0.137. The number of β-amino-alcohol motifs (C(OH)–C–C–N with tert-alkyl or cyclic N) is 1. The summed E-state index contributed by atoms with van der Waals surface area (Å²) in [5.41, 5.74) is 1.66. The molecule has 2 amide bonds. The van der Waals surface area contributed by atoms with Gasteiger partial charge in [-0.05, 0) is 30.0 Å². The highest BCUT2D eigenvalue weighted by Gasteiger charge is 2.41. The fourth-order valence-electron chi connectivity index (χ4n) is 4.00. The number of piperazine rings is 1. The molecular formula is C24H35N3O5. The summed E-state index contributed by atoms with van der Waals surface area (Å²) in [5.74, 6) is 0.672. The van der Waals surface area contributed by atoms with Gasteiger partial charge in [-0.3, -0.25) is 19.4 Å². The van der Waals surface area contributed by atoms with Crippen LogP contribution < -0.4 is 4.74 Å². The molecule has 1 N–H and O–H groups in total. The standard InChI is InChI=1S/C24H35N3O5/c1-18(2)17-32-20-7-5-19(6-8-20)21-22(26-12-10-25(11-13-26)14-15-28)24(30)27(23(21)29)9-4-16-31-3/h5-8,18,28H,4,9-17H2,1-3H3. The third-order valence-electron chi connectivity index (χ3n) is 5.70. The normalized spacial score (nSPS) is 17.8. The van der Waals surface area contributed by atoms with E-state index in [2.05, 4.69) is 18.7 Å². The number of hydrogen-bond acceptors (Lipinski definition) is 7. The van der Waals surface area contributed by atoms with Gasteiger partial charge in [0.2, 0.25) is 0 Å². The molecule has 8 nitrogen and oxygen atoms in total. The summed E-state index contributed by atoms with van der Waals surface area (Å²) in [6.45, 7) is 9.11. The van der Waals surface area contributed by atoms with Gasteiger partial charge in [0.15, 0.2) is 0 Å². The first kappa shape index (κ1) is 24.2. The predicted octanol–water partition coefficient (Wildman–Crippen LogP) is 1.45. The van der Waals surface area contributed by atoms with Gasteiger partial charge in [-0.1, -0.05) is 26.0 Å². The predicted molar refractivity (Wildman–Crippen MR) is 122 cm³/mol. The van der Waals surface area contributed by atoms with Crippen LogP contribution in [0.25, 0.3) is 5.57 Å². The molecule has 2 aliphatic rings. The van der Waals surface area contributed by atoms with Crippen LogP contribution in [0.15, 0.2) is 30.0 Å². The van der Waals surface area contributed by atoms with E-state index in [-0.39, 0.29) is 18.4 Å². The van der Waals surface area contributed by atoms with Crippen molar-refractivity contribution in [2.24, 2.45) is 5.92 Å². The molecule has 3 rings (SSSR count). The molecule has 0 unspecified atom stereocenters. The number of carbonyl (C=O) groups excluding carboxylic acids is 2. The summed E-state index contributed by atoms with van der Waals surface area (Å²) < 4.78 is 10.9. The second-order valence-electron chi connectivity index (χ2n) is 8.61. The Bertz CT molecular complexity index is 813. The van der Waals surface area contributed by atoms with E-state index in [1.807, 2.05) is 29.2 Å². The SMILES string of the molecule is COCCCN1C(=O)C(c2ccc(OCC(C)C)cc2)=C(N2CCN(CCO)CC2)C1=O. The van der Waals surface area contributed by atoms with E-state index in [9.17, 15) is 14.7 Å². The average Bonchev–Trinajstić information content (AvgIpc) is 3.03. The second kappa shape index (κ2) is 11.4. The van der Waals surface area contributed by atoms with Gasteiger partial charge in [-0.25, -0.2) is 0 Å². The van der Waals surface area contributed by atoms with Gasteiger partial charge in [0.1, 0.15) is 11.4 Å². The van der Waals surface area contributed by atoms with E-state index in [1.165, 1.54) is 4.90 Å². The minimum absolute atomic E-state index is 0.115. The average molecular weight is 446 g/mol. The quantitative estimate of drug-likeness (QED) is 0.408. The summed E-state index contributed by atoms with van der Waals surface area (Å²) in [4.78, 5) is 32.2. The van der Waals surface area contributed by atoms with E-state index >= 15 is 0 Å².